The van der Waals surface area contributed by atoms with E-state index in [1.54, 1.807) is 12.4 Å². The highest BCUT2D eigenvalue weighted by Gasteiger charge is 1.94. The number of hydrogen-bond donors (Lipinski definition) is 1. The minimum atomic E-state index is 0.657. The van der Waals surface area contributed by atoms with E-state index in [-0.39, 0.29) is 0 Å². The summed E-state index contributed by atoms with van der Waals surface area (Å²) in [6.45, 7) is 4.38. The van der Waals surface area contributed by atoms with Gasteiger partial charge in [0.1, 0.15) is 0 Å². The zero-order valence-electron chi connectivity index (χ0n) is 8.16. The van der Waals surface area contributed by atoms with Gasteiger partial charge in [0.05, 0.1) is 4.47 Å². The van der Waals surface area contributed by atoms with Gasteiger partial charge >= 0.3 is 0 Å². The van der Waals surface area contributed by atoms with Crippen molar-refractivity contribution >= 4 is 21.9 Å². The molecule has 0 aromatic carbocycles. The lowest BCUT2D eigenvalue weighted by molar-refractivity contribution is 0.147. The molecule has 4 nitrogen and oxygen atoms in total. The monoisotopic (exact) mass is 259 g/mol. The predicted octanol–water partition coefficient (Wildman–Crippen LogP) is 2.08. The second-order valence-corrected chi connectivity index (χ2v) is 3.62. The van der Waals surface area contributed by atoms with Crippen molar-refractivity contribution in [2.24, 2.45) is 0 Å². The van der Waals surface area contributed by atoms with Crippen LogP contribution in [0.2, 0.25) is 0 Å². The van der Waals surface area contributed by atoms with Gasteiger partial charge in [-0.05, 0) is 29.3 Å². The van der Waals surface area contributed by atoms with E-state index >= 15 is 0 Å². The molecule has 78 valence electrons. The van der Waals surface area contributed by atoms with E-state index < -0.39 is 0 Å². The molecule has 1 heterocycles. The van der Waals surface area contributed by atoms with Crippen LogP contribution in [0.1, 0.15) is 13.3 Å². The van der Waals surface area contributed by atoms with Gasteiger partial charge in [-0.2, -0.15) is 0 Å². The van der Waals surface area contributed by atoms with Crippen molar-refractivity contribution in [1.29, 1.82) is 0 Å². The molecule has 0 amide bonds. The normalized spacial score (nSPS) is 10.1. The molecule has 0 spiro atoms. The van der Waals surface area contributed by atoms with Gasteiger partial charge in [0, 0.05) is 32.2 Å². The molecule has 0 saturated carbocycles. The number of rotatable bonds is 6. The number of aromatic nitrogens is 2. The Hall–Kier alpha value is -0.680. The first-order chi connectivity index (χ1) is 6.83. The predicted molar refractivity (Wildman–Crippen MR) is 59.3 cm³/mol. The van der Waals surface area contributed by atoms with Gasteiger partial charge in [0.2, 0.25) is 5.95 Å². The van der Waals surface area contributed by atoms with E-state index in [2.05, 4.69) is 31.2 Å². The lowest BCUT2D eigenvalue weighted by Gasteiger charge is -2.04. The van der Waals surface area contributed by atoms with Gasteiger partial charge in [-0.1, -0.05) is 0 Å². The van der Waals surface area contributed by atoms with Crippen molar-refractivity contribution < 1.29 is 4.74 Å². The zero-order valence-corrected chi connectivity index (χ0v) is 9.75. The summed E-state index contributed by atoms with van der Waals surface area (Å²) in [5.41, 5.74) is 0. The average Bonchev–Trinajstić information content (AvgIpc) is 2.21. The molecule has 1 aromatic heterocycles. The zero-order chi connectivity index (χ0) is 10.2. The fourth-order valence-electron chi connectivity index (χ4n) is 0.922. The lowest BCUT2D eigenvalue weighted by Crippen LogP contribution is -2.07. The van der Waals surface area contributed by atoms with Crippen LogP contribution in [0.5, 0.6) is 0 Å². The molecule has 5 heteroatoms. The third kappa shape index (κ3) is 4.53. The summed E-state index contributed by atoms with van der Waals surface area (Å²) in [7, 11) is 0. The molecule has 0 atom stereocenters. The fourth-order valence-corrected chi connectivity index (χ4v) is 1.13. The number of nitrogens with zero attached hydrogens (tertiary/aromatic N) is 2. The molecule has 0 fully saturated rings. The van der Waals surface area contributed by atoms with Crippen LogP contribution in [0.15, 0.2) is 16.9 Å². The summed E-state index contributed by atoms with van der Waals surface area (Å²) >= 11 is 3.28. The third-order valence-electron chi connectivity index (χ3n) is 1.57. The maximum atomic E-state index is 5.20. The van der Waals surface area contributed by atoms with Crippen molar-refractivity contribution in [3.8, 4) is 0 Å². The molecular weight excluding hydrogens is 246 g/mol. The maximum absolute atomic E-state index is 5.20. The summed E-state index contributed by atoms with van der Waals surface area (Å²) in [5, 5.41) is 3.11. The van der Waals surface area contributed by atoms with E-state index in [1.807, 2.05) is 6.92 Å². The first-order valence-electron chi connectivity index (χ1n) is 4.62. The summed E-state index contributed by atoms with van der Waals surface area (Å²) in [4.78, 5) is 8.17. The molecule has 14 heavy (non-hydrogen) atoms. The molecule has 0 unspecified atom stereocenters. The van der Waals surface area contributed by atoms with Crippen LogP contribution in [0.4, 0.5) is 5.95 Å². The molecule has 0 radical (unpaired) electrons. The first kappa shape index (κ1) is 11.4. The molecular formula is C9H14BrN3O. The lowest BCUT2D eigenvalue weighted by atomic mass is 10.4. The smallest absolute Gasteiger partial charge is 0.222 e. The van der Waals surface area contributed by atoms with E-state index in [9.17, 15) is 0 Å². The number of nitrogens with one attached hydrogen (secondary N) is 1. The van der Waals surface area contributed by atoms with Crippen LogP contribution in [-0.2, 0) is 4.74 Å². The van der Waals surface area contributed by atoms with Crippen LogP contribution in [0, 0.1) is 0 Å². The van der Waals surface area contributed by atoms with Gasteiger partial charge in [-0.15, -0.1) is 0 Å². The van der Waals surface area contributed by atoms with Crippen molar-refractivity contribution in [1.82, 2.24) is 9.97 Å². The highest BCUT2D eigenvalue weighted by molar-refractivity contribution is 9.10. The summed E-state index contributed by atoms with van der Waals surface area (Å²) in [5.74, 6) is 0.657. The molecule has 0 saturated heterocycles. The Morgan fingerprint density at radius 2 is 2.14 bits per heavy atom. The number of anilines is 1. The van der Waals surface area contributed by atoms with Crippen LogP contribution in [0.3, 0.4) is 0 Å². The molecule has 0 aliphatic rings. The third-order valence-corrected chi connectivity index (χ3v) is 1.98. The van der Waals surface area contributed by atoms with Crippen molar-refractivity contribution in [3.05, 3.63) is 16.9 Å². The second kappa shape index (κ2) is 6.73. The topological polar surface area (TPSA) is 47.0 Å². The molecule has 0 bridgehead atoms. The Bertz CT molecular complexity index is 253. The summed E-state index contributed by atoms with van der Waals surface area (Å²) in [6.07, 6.45) is 4.41. The standard InChI is InChI=1S/C9H14BrN3O/c1-2-14-5-3-4-11-9-12-6-8(10)7-13-9/h6-7H,2-5H2,1H3,(H,11,12,13). The SMILES string of the molecule is CCOCCCNc1ncc(Br)cn1. The van der Waals surface area contributed by atoms with Crippen LogP contribution < -0.4 is 5.32 Å². The average molecular weight is 260 g/mol. The largest absolute Gasteiger partial charge is 0.382 e. The van der Waals surface area contributed by atoms with Crippen molar-refractivity contribution in [3.63, 3.8) is 0 Å². The van der Waals surface area contributed by atoms with E-state index in [0.29, 0.717) is 5.95 Å². The van der Waals surface area contributed by atoms with E-state index in [0.717, 1.165) is 30.7 Å². The fraction of sp³-hybridized carbons (Fsp3) is 0.556. The number of hydrogen-bond acceptors (Lipinski definition) is 4. The second-order valence-electron chi connectivity index (χ2n) is 2.70. The summed E-state index contributed by atoms with van der Waals surface area (Å²) < 4.78 is 6.09. The van der Waals surface area contributed by atoms with E-state index in [4.69, 9.17) is 4.74 Å². The Morgan fingerprint density at radius 3 is 2.79 bits per heavy atom. The highest BCUT2D eigenvalue weighted by atomic mass is 79.9. The minimum Gasteiger partial charge on any atom is -0.382 e. The van der Waals surface area contributed by atoms with Crippen LogP contribution in [0.25, 0.3) is 0 Å². The maximum Gasteiger partial charge on any atom is 0.222 e. The Morgan fingerprint density at radius 1 is 1.43 bits per heavy atom. The molecule has 1 rings (SSSR count). The molecule has 0 aliphatic carbocycles. The van der Waals surface area contributed by atoms with Crippen LogP contribution >= 0.6 is 15.9 Å². The van der Waals surface area contributed by atoms with Crippen molar-refractivity contribution in [2.45, 2.75) is 13.3 Å². The number of ether oxygens (including phenoxy) is 1. The Labute approximate surface area is 92.2 Å². The van der Waals surface area contributed by atoms with Gasteiger partial charge in [0.25, 0.3) is 0 Å². The van der Waals surface area contributed by atoms with Gasteiger partial charge in [-0.25, -0.2) is 9.97 Å². The first-order valence-corrected chi connectivity index (χ1v) is 5.41. The molecule has 1 aromatic rings. The quantitative estimate of drug-likeness (QED) is 0.795. The Balaban J connectivity index is 2.15. The van der Waals surface area contributed by atoms with Gasteiger partial charge in [0.15, 0.2) is 0 Å². The molecule has 0 aliphatic heterocycles. The molecule has 1 N–H and O–H groups in total. The van der Waals surface area contributed by atoms with E-state index in [1.165, 1.54) is 0 Å². The van der Waals surface area contributed by atoms with Gasteiger partial charge < -0.3 is 10.1 Å². The van der Waals surface area contributed by atoms with Gasteiger partial charge in [-0.3, -0.25) is 0 Å². The Kier molecular flexibility index (Phi) is 5.47. The number of halogens is 1. The highest BCUT2D eigenvalue weighted by Crippen LogP contribution is 2.06. The summed E-state index contributed by atoms with van der Waals surface area (Å²) in [6, 6.07) is 0. The minimum absolute atomic E-state index is 0.657. The van der Waals surface area contributed by atoms with Crippen molar-refractivity contribution in [2.75, 3.05) is 25.1 Å². The van der Waals surface area contributed by atoms with Crippen LogP contribution in [-0.4, -0.2) is 29.7 Å².